The molecule has 66 valence electrons. The summed E-state index contributed by atoms with van der Waals surface area (Å²) >= 11 is 0. The van der Waals surface area contributed by atoms with Crippen molar-refractivity contribution < 1.29 is 17.9 Å². The number of halogens is 3. The molecule has 0 saturated heterocycles. The topological polar surface area (TPSA) is 9.23 Å². The number of alkyl halides is 3. The smallest absolute Gasteiger partial charge is 0.377 e. The number of ether oxygens (including phenoxy) is 1. The van der Waals surface area contributed by atoms with Crippen molar-refractivity contribution in [2.45, 2.75) is 19.5 Å². The molecule has 0 aliphatic heterocycles. The van der Waals surface area contributed by atoms with Crippen molar-refractivity contribution in [1.29, 1.82) is 0 Å². The van der Waals surface area contributed by atoms with Gasteiger partial charge in [-0.1, -0.05) is 13.0 Å². The van der Waals surface area contributed by atoms with Crippen molar-refractivity contribution in [2.24, 2.45) is 0 Å². The molecule has 1 nitrogen and oxygen atoms in total. The molecule has 0 aromatic carbocycles. The standard InChI is InChI=1S/C7H11F3O/c1-2-5-11-6-3-4-7(8,9)10/h3-4H,2,5-6H2,1H3/b4-3+. The molecule has 0 atom stereocenters. The molecule has 0 bridgehead atoms. The van der Waals surface area contributed by atoms with E-state index in [2.05, 4.69) is 0 Å². The molecule has 0 N–H and O–H groups in total. The van der Waals surface area contributed by atoms with E-state index in [0.29, 0.717) is 6.61 Å². The highest BCUT2D eigenvalue weighted by Crippen LogP contribution is 2.15. The van der Waals surface area contributed by atoms with Gasteiger partial charge < -0.3 is 4.74 Å². The summed E-state index contributed by atoms with van der Waals surface area (Å²) in [6.45, 7) is 2.43. The van der Waals surface area contributed by atoms with E-state index in [9.17, 15) is 13.2 Å². The number of hydrogen-bond acceptors (Lipinski definition) is 1. The Kier molecular flexibility index (Phi) is 4.94. The first-order valence-corrected chi connectivity index (χ1v) is 3.38. The molecule has 0 aromatic rings. The van der Waals surface area contributed by atoms with Crippen molar-refractivity contribution in [2.75, 3.05) is 13.2 Å². The Morgan fingerprint density at radius 2 is 2.00 bits per heavy atom. The van der Waals surface area contributed by atoms with Crippen LogP contribution in [0.25, 0.3) is 0 Å². The van der Waals surface area contributed by atoms with Gasteiger partial charge in [-0.25, -0.2) is 0 Å². The number of allylic oxidation sites excluding steroid dienone is 1. The van der Waals surface area contributed by atoms with Crippen molar-refractivity contribution in [3.8, 4) is 0 Å². The second-order valence-electron chi connectivity index (χ2n) is 2.02. The third kappa shape index (κ3) is 9.49. The first kappa shape index (κ1) is 10.5. The molecule has 0 spiro atoms. The minimum absolute atomic E-state index is 0.0351. The lowest BCUT2D eigenvalue weighted by Gasteiger charge is -1.98. The predicted octanol–water partition coefficient (Wildman–Crippen LogP) is 2.53. The molecule has 0 fully saturated rings. The van der Waals surface area contributed by atoms with Crippen LogP contribution in [0, 0.1) is 0 Å². The molecule has 0 aliphatic rings. The largest absolute Gasteiger partial charge is 0.409 e. The average molecular weight is 168 g/mol. The van der Waals surface area contributed by atoms with Crippen molar-refractivity contribution in [3.63, 3.8) is 0 Å². The maximum atomic E-state index is 11.4. The maximum absolute atomic E-state index is 11.4. The molecule has 0 radical (unpaired) electrons. The minimum Gasteiger partial charge on any atom is -0.377 e. The summed E-state index contributed by atoms with van der Waals surface area (Å²) in [4.78, 5) is 0. The fraction of sp³-hybridized carbons (Fsp3) is 0.714. The Balaban J connectivity index is 3.30. The Hall–Kier alpha value is -0.510. The maximum Gasteiger partial charge on any atom is 0.409 e. The van der Waals surface area contributed by atoms with E-state index >= 15 is 0 Å². The molecule has 0 rings (SSSR count). The average Bonchev–Trinajstić information content (AvgIpc) is 1.85. The number of rotatable bonds is 4. The molecule has 0 saturated carbocycles. The summed E-state index contributed by atoms with van der Waals surface area (Å²) in [5.74, 6) is 0. The molecular weight excluding hydrogens is 157 g/mol. The molecule has 4 heteroatoms. The van der Waals surface area contributed by atoms with Gasteiger partial charge in [-0.3, -0.25) is 0 Å². The zero-order valence-corrected chi connectivity index (χ0v) is 6.32. The molecule has 0 unspecified atom stereocenters. The molecular formula is C7H11F3O. The van der Waals surface area contributed by atoms with Crippen molar-refractivity contribution >= 4 is 0 Å². The summed E-state index contributed by atoms with van der Waals surface area (Å²) in [5, 5.41) is 0. The number of hydrogen-bond donors (Lipinski definition) is 0. The van der Waals surface area contributed by atoms with Gasteiger partial charge in [0.05, 0.1) is 6.61 Å². The lowest BCUT2D eigenvalue weighted by atomic mass is 10.5. The van der Waals surface area contributed by atoms with Gasteiger partial charge in [-0.05, 0) is 6.42 Å². The predicted molar refractivity (Wildman–Crippen MR) is 36.3 cm³/mol. The van der Waals surface area contributed by atoms with Crippen LogP contribution in [0.3, 0.4) is 0 Å². The summed E-state index contributed by atoms with van der Waals surface area (Å²) in [6.07, 6.45) is -2.24. The van der Waals surface area contributed by atoms with Crippen LogP contribution in [0.4, 0.5) is 13.2 Å². The zero-order chi connectivity index (χ0) is 8.74. The fourth-order valence-electron chi connectivity index (χ4n) is 0.477. The highest BCUT2D eigenvalue weighted by Gasteiger charge is 2.21. The minimum atomic E-state index is -4.21. The fourth-order valence-corrected chi connectivity index (χ4v) is 0.477. The lowest BCUT2D eigenvalue weighted by molar-refractivity contribution is -0.0803. The first-order chi connectivity index (χ1) is 5.06. The normalized spacial score (nSPS) is 12.7. The quantitative estimate of drug-likeness (QED) is 0.463. The van der Waals surface area contributed by atoms with Crippen LogP contribution in [-0.2, 0) is 4.74 Å². The van der Waals surface area contributed by atoms with E-state index in [4.69, 9.17) is 4.74 Å². The lowest BCUT2D eigenvalue weighted by Crippen LogP contribution is -2.02. The van der Waals surface area contributed by atoms with Gasteiger partial charge in [-0.15, -0.1) is 0 Å². The Morgan fingerprint density at radius 3 is 2.45 bits per heavy atom. The Bertz CT molecular complexity index is 117. The third-order valence-electron chi connectivity index (χ3n) is 0.869. The van der Waals surface area contributed by atoms with Crippen LogP contribution >= 0.6 is 0 Å². The second-order valence-corrected chi connectivity index (χ2v) is 2.02. The summed E-state index contributed by atoms with van der Waals surface area (Å²) in [6, 6.07) is 0. The molecule has 0 amide bonds. The van der Waals surface area contributed by atoms with Crippen LogP contribution in [0.1, 0.15) is 13.3 Å². The third-order valence-corrected chi connectivity index (χ3v) is 0.869. The van der Waals surface area contributed by atoms with Gasteiger partial charge in [0, 0.05) is 12.7 Å². The summed E-state index contributed by atoms with van der Waals surface area (Å²) < 4.78 is 39.1. The Morgan fingerprint density at radius 1 is 1.36 bits per heavy atom. The van der Waals surface area contributed by atoms with E-state index in [1.54, 1.807) is 0 Å². The van der Waals surface area contributed by atoms with E-state index in [0.717, 1.165) is 12.5 Å². The van der Waals surface area contributed by atoms with Crippen molar-refractivity contribution in [3.05, 3.63) is 12.2 Å². The molecule has 0 aromatic heterocycles. The van der Waals surface area contributed by atoms with Gasteiger partial charge >= 0.3 is 6.18 Å². The van der Waals surface area contributed by atoms with Crippen LogP contribution in [-0.4, -0.2) is 19.4 Å². The summed E-state index contributed by atoms with van der Waals surface area (Å²) in [5.41, 5.74) is 0. The molecule has 0 aliphatic carbocycles. The van der Waals surface area contributed by atoms with Gasteiger partial charge in [-0.2, -0.15) is 13.2 Å². The van der Waals surface area contributed by atoms with Crippen LogP contribution in [0.2, 0.25) is 0 Å². The molecule has 11 heavy (non-hydrogen) atoms. The van der Waals surface area contributed by atoms with Crippen molar-refractivity contribution in [1.82, 2.24) is 0 Å². The van der Waals surface area contributed by atoms with Crippen LogP contribution in [0.15, 0.2) is 12.2 Å². The highest BCUT2D eigenvalue weighted by atomic mass is 19.4. The summed E-state index contributed by atoms with van der Waals surface area (Å²) in [7, 11) is 0. The zero-order valence-electron chi connectivity index (χ0n) is 6.32. The van der Waals surface area contributed by atoms with E-state index < -0.39 is 6.18 Å². The van der Waals surface area contributed by atoms with Gasteiger partial charge in [0.1, 0.15) is 0 Å². The first-order valence-electron chi connectivity index (χ1n) is 3.38. The van der Waals surface area contributed by atoms with Gasteiger partial charge in [0.15, 0.2) is 0 Å². The van der Waals surface area contributed by atoms with E-state index in [1.165, 1.54) is 0 Å². The van der Waals surface area contributed by atoms with E-state index in [1.807, 2.05) is 6.92 Å². The Labute approximate surface area is 63.8 Å². The van der Waals surface area contributed by atoms with Crippen LogP contribution in [0.5, 0.6) is 0 Å². The molecule has 0 heterocycles. The van der Waals surface area contributed by atoms with Gasteiger partial charge in [0.2, 0.25) is 0 Å². The highest BCUT2D eigenvalue weighted by molar-refractivity contribution is 4.88. The van der Waals surface area contributed by atoms with Gasteiger partial charge in [0.25, 0.3) is 0 Å². The monoisotopic (exact) mass is 168 g/mol. The van der Waals surface area contributed by atoms with Crippen LogP contribution < -0.4 is 0 Å². The van der Waals surface area contributed by atoms with E-state index in [-0.39, 0.29) is 12.7 Å². The SMILES string of the molecule is CCCOC/C=C/C(F)(F)F. The second kappa shape index (κ2) is 5.18.